The predicted octanol–water partition coefficient (Wildman–Crippen LogP) is 10.7. The Bertz CT molecular complexity index is 1980. The molecular formula is C38H32N2. The van der Waals surface area contributed by atoms with Gasteiger partial charge >= 0.3 is 0 Å². The molecule has 0 aliphatic heterocycles. The minimum absolute atomic E-state index is 0.954. The number of fused-ring (bicyclic) bond motifs is 5. The molecule has 0 aliphatic rings. The Hall–Kier alpha value is -4.82. The summed E-state index contributed by atoms with van der Waals surface area (Å²) in [7, 11) is 0. The van der Waals surface area contributed by atoms with Crippen LogP contribution in [0.2, 0.25) is 0 Å². The van der Waals surface area contributed by atoms with Gasteiger partial charge in [-0.15, -0.1) is 0 Å². The fourth-order valence-corrected chi connectivity index (χ4v) is 6.21. The molecule has 40 heavy (non-hydrogen) atoms. The van der Waals surface area contributed by atoms with Gasteiger partial charge in [-0.05, 0) is 82.3 Å². The number of H-pyrrole nitrogens is 1. The number of aromatic amines is 1. The van der Waals surface area contributed by atoms with Crippen LogP contribution in [0.25, 0.3) is 43.7 Å². The molecule has 2 heteroatoms. The zero-order valence-corrected chi connectivity index (χ0v) is 23.0. The summed E-state index contributed by atoms with van der Waals surface area (Å²) in [6, 6.07) is 46.4. The van der Waals surface area contributed by atoms with E-state index in [1.54, 1.807) is 0 Å². The number of nitrogens with zero attached hydrogens (tertiary/aromatic N) is 1. The van der Waals surface area contributed by atoms with Gasteiger partial charge in [0.05, 0.1) is 0 Å². The second-order valence-corrected chi connectivity index (χ2v) is 10.4. The maximum Gasteiger partial charge on any atom is 0.0499 e. The highest BCUT2D eigenvalue weighted by atomic mass is 15.1. The number of nitrogens with one attached hydrogen (secondary N) is 1. The minimum atomic E-state index is 0.954. The summed E-state index contributed by atoms with van der Waals surface area (Å²) in [5, 5.41) is 5.12. The van der Waals surface area contributed by atoms with Crippen molar-refractivity contribution in [1.29, 1.82) is 0 Å². The molecule has 1 aromatic heterocycles. The fourth-order valence-electron chi connectivity index (χ4n) is 6.21. The second-order valence-electron chi connectivity index (χ2n) is 10.4. The number of aromatic nitrogens is 1. The lowest BCUT2D eigenvalue weighted by molar-refractivity contribution is 1.09. The number of hydrogen-bond donors (Lipinski definition) is 1. The molecule has 0 bridgehead atoms. The molecule has 1 heterocycles. The number of anilines is 3. The van der Waals surface area contributed by atoms with E-state index in [0.717, 1.165) is 12.8 Å². The van der Waals surface area contributed by atoms with Gasteiger partial charge in [-0.1, -0.05) is 105 Å². The van der Waals surface area contributed by atoms with Gasteiger partial charge in [0.2, 0.25) is 0 Å². The molecule has 7 aromatic rings. The minimum Gasteiger partial charge on any atom is -0.354 e. The molecule has 0 spiro atoms. The third-order valence-corrected chi connectivity index (χ3v) is 8.16. The zero-order chi connectivity index (χ0) is 27.1. The van der Waals surface area contributed by atoms with Crippen LogP contribution in [0.1, 0.15) is 25.0 Å². The van der Waals surface area contributed by atoms with E-state index in [1.807, 2.05) is 0 Å². The topological polar surface area (TPSA) is 19.0 Å². The van der Waals surface area contributed by atoms with Gasteiger partial charge in [-0.3, -0.25) is 0 Å². The van der Waals surface area contributed by atoms with Crippen molar-refractivity contribution in [3.63, 3.8) is 0 Å². The highest BCUT2D eigenvalue weighted by molar-refractivity contribution is 6.24. The van der Waals surface area contributed by atoms with Crippen LogP contribution < -0.4 is 4.90 Å². The summed E-state index contributed by atoms with van der Waals surface area (Å²) in [6.45, 7) is 4.49. The van der Waals surface area contributed by atoms with Crippen molar-refractivity contribution in [3.05, 3.63) is 139 Å². The number of rotatable bonds is 6. The van der Waals surface area contributed by atoms with Crippen LogP contribution in [-0.4, -0.2) is 4.98 Å². The number of benzene rings is 6. The maximum atomic E-state index is 3.70. The van der Waals surface area contributed by atoms with Crippen molar-refractivity contribution in [1.82, 2.24) is 4.98 Å². The van der Waals surface area contributed by atoms with Crippen molar-refractivity contribution >= 4 is 49.6 Å². The van der Waals surface area contributed by atoms with Crippen LogP contribution in [-0.2, 0) is 12.8 Å². The molecule has 0 radical (unpaired) electrons. The first-order valence-corrected chi connectivity index (χ1v) is 14.3. The van der Waals surface area contributed by atoms with Gasteiger partial charge in [-0.2, -0.15) is 0 Å². The summed E-state index contributed by atoms with van der Waals surface area (Å²) < 4.78 is 0. The summed E-state index contributed by atoms with van der Waals surface area (Å²) in [5.41, 5.74) is 11.1. The number of aryl methyl sites for hydroxylation is 2. The lowest BCUT2D eigenvalue weighted by Gasteiger charge is -2.30. The maximum absolute atomic E-state index is 3.70. The van der Waals surface area contributed by atoms with Gasteiger partial charge in [-0.25, -0.2) is 0 Å². The number of para-hydroxylation sites is 2. The Morgan fingerprint density at radius 1 is 0.550 bits per heavy atom. The molecular weight excluding hydrogens is 484 g/mol. The third-order valence-electron chi connectivity index (χ3n) is 8.16. The van der Waals surface area contributed by atoms with Crippen molar-refractivity contribution in [3.8, 4) is 11.1 Å². The number of hydrogen-bond acceptors (Lipinski definition) is 1. The van der Waals surface area contributed by atoms with E-state index in [-0.39, 0.29) is 0 Å². The first-order valence-electron chi connectivity index (χ1n) is 14.3. The van der Waals surface area contributed by atoms with Crippen LogP contribution >= 0.6 is 0 Å². The first-order chi connectivity index (χ1) is 19.8. The highest BCUT2D eigenvalue weighted by Gasteiger charge is 2.20. The van der Waals surface area contributed by atoms with E-state index < -0.39 is 0 Å². The van der Waals surface area contributed by atoms with E-state index in [1.165, 1.54) is 71.9 Å². The molecule has 2 nitrogen and oxygen atoms in total. The Labute approximate surface area is 235 Å². The Morgan fingerprint density at radius 2 is 1.27 bits per heavy atom. The molecule has 7 rings (SSSR count). The molecule has 0 saturated carbocycles. The van der Waals surface area contributed by atoms with Crippen LogP contribution in [0.4, 0.5) is 17.1 Å². The van der Waals surface area contributed by atoms with E-state index >= 15 is 0 Å². The third kappa shape index (κ3) is 3.96. The average molecular weight is 517 g/mol. The normalized spacial score (nSPS) is 11.4. The SMILES string of the molecule is CCc1ccccc1N(c1ccccc1)c1cc(-c2cccc3[nH]c4ccc5ccccc5c4c23)ccc1CC. The molecule has 0 atom stereocenters. The standard InChI is InChI=1S/C38H32N2/c1-3-26-13-9-11-20-35(26)40(30-15-6-5-7-16-30)36-25-29(22-21-27(36)4-2)32-18-12-19-33-38(32)37-31-17-10-8-14-28(31)23-24-34(37)39-33/h5-25,39H,3-4H2,1-2H3. The molecule has 1 N–H and O–H groups in total. The highest BCUT2D eigenvalue weighted by Crippen LogP contribution is 2.43. The lowest BCUT2D eigenvalue weighted by atomic mass is 9.94. The van der Waals surface area contributed by atoms with E-state index in [4.69, 9.17) is 0 Å². The monoisotopic (exact) mass is 516 g/mol. The zero-order valence-electron chi connectivity index (χ0n) is 23.0. The van der Waals surface area contributed by atoms with Gasteiger partial charge < -0.3 is 9.88 Å². The van der Waals surface area contributed by atoms with Crippen molar-refractivity contribution < 1.29 is 0 Å². The average Bonchev–Trinajstić information content (AvgIpc) is 3.41. The van der Waals surface area contributed by atoms with Gasteiger partial charge in [0.15, 0.2) is 0 Å². The van der Waals surface area contributed by atoms with E-state index in [9.17, 15) is 0 Å². The first kappa shape index (κ1) is 24.2. The van der Waals surface area contributed by atoms with E-state index in [2.05, 4.69) is 151 Å². The fraction of sp³-hybridized carbons (Fsp3) is 0.105. The van der Waals surface area contributed by atoms with Crippen molar-refractivity contribution in [2.24, 2.45) is 0 Å². The lowest BCUT2D eigenvalue weighted by Crippen LogP contribution is -2.14. The summed E-state index contributed by atoms with van der Waals surface area (Å²) in [4.78, 5) is 6.15. The quantitative estimate of drug-likeness (QED) is 0.233. The largest absolute Gasteiger partial charge is 0.354 e. The Balaban J connectivity index is 1.51. The smallest absolute Gasteiger partial charge is 0.0499 e. The van der Waals surface area contributed by atoms with Gasteiger partial charge in [0.1, 0.15) is 0 Å². The molecule has 0 amide bonds. The summed E-state index contributed by atoms with van der Waals surface area (Å²) in [6.07, 6.45) is 1.93. The Morgan fingerprint density at radius 3 is 2.12 bits per heavy atom. The molecule has 0 unspecified atom stereocenters. The van der Waals surface area contributed by atoms with E-state index in [0.29, 0.717) is 0 Å². The summed E-state index contributed by atoms with van der Waals surface area (Å²) >= 11 is 0. The van der Waals surface area contributed by atoms with Crippen LogP contribution in [0.3, 0.4) is 0 Å². The van der Waals surface area contributed by atoms with Crippen LogP contribution in [0.5, 0.6) is 0 Å². The van der Waals surface area contributed by atoms with Gasteiger partial charge in [0, 0.05) is 38.9 Å². The molecule has 0 saturated heterocycles. The molecule has 6 aromatic carbocycles. The molecule has 0 fully saturated rings. The summed E-state index contributed by atoms with van der Waals surface area (Å²) in [5.74, 6) is 0. The predicted molar refractivity (Wildman–Crippen MR) is 172 cm³/mol. The Kier molecular flexibility index (Phi) is 6.09. The van der Waals surface area contributed by atoms with Gasteiger partial charge in [0.25, 0.3) is 0 Å². The van der Waals surface area contributed by atoms with Crippen molar-refractivity contribution in [2.45, 2.75) is 26.7 Å². The molecule has 0 aliphatic carbocycles. The van der Waals surface area contributed by atoms with Crippen LogP contribution in [0, 0.1) is 0 Å². The van der Waals surface area contributed by atoms with Crippen LogP contribution in [0.15, 0.2) is 127 Å². The second kappa shape index (κ2) is 10.1. The molecule has 194 valence electrons. The van der Waals surface area contributed by atoms with Crippen molar-refractivity contribution in [2.75, 3.05) is 4.90 Å².